The molecule has 6 heteroatoms. The maximum atomic E-state index is 11.1. The van der Waals surface area contributed by atoms with Gasteiger partial charge in [-0.25, -0.2) is 0 Å². The summed E-state index contributed by atoms with van der Waals surface area (Å²) in [6, 6.07) is 9.98. The Morgan fingerprint density at radius 3 is 2.70 bits per heavy atom. The van der Waals surface area contributed by atoms with Crippen molar-refractivity contribution < 1.29 is 23.7 Å². The molecular formula is C17H23NO5. The molecule has 0 radical (unpaired) electrons. The van der Waals surface area contributed by atoms with Crippen LogP contribution in [0.1, 0.15) is 26.3 Å². The Labute approximate surface area is 136 Å². The first-order valence-electron chi connectivity index (χ1n) is 7.86. The molecule has 0 aromatic heterocycles. The first-order chi connectivity index (χ1) is 10.9. The summed E-state index contributed by atoms with van der Waals surface area (Å²) >= 11 is 0. The van der Waals surface area contributed by atoms with Crippen molar-refractivity contribution in [2.24, 2.45) is 0 Å². The number of carbonyl (C=O) groups is 1. The minimum absolute atomic E-state index is 0.110. The largest absolute Gasteiger partial charge is 0.463 e. The molecule has 2 aliphatic heterocycles. The number of hydrogen-bond acceptors (Lipinski definition) is 6. The Morgan fingerprint density at radius 1 is 1.26 bits per heavy atom. The molecule has 2 saturated heterocycles. The van der Waals surface area contributed by atoms with Gasteiger partial charge in [0, 0.05) is 13.5 Å². The summed E-state index contributed by atoms with van der Waals surface area (Å²) in [5.41, 5.74) is 1.17. The standard InChI is InChI=1S/C17H23NO5/c1-11(19)20-10-13-14(18-9-12-7-5-4-6-8-12)15-16(21-13)23-17(2,3)22-15/h4-8,13-16,18H,9-10H2,1-3H3/t13-,14-,15-,16-/m1/s1. The summed E-state index contributed by atoms with van der Waals surface area (Å²) in [5, 5.41) is 3.46. The van der Waals surface area contributed by atoms with Crippen LogP contribution in [0.25, 0.3) is 0 Å². The van der Waals surface area contributed by atoms with E-state index in [1.165, 1.54) is 12.5 Å². The van der Waals surface area contributed by atoms with E-state index in [0.717, 1.165) is 0 Å². The smallest absolute Gasteiger partial charge is 0.302 e. The molecule has 126 valence electrons. The van der Waals surface area contributed by atoms with Crippen LogP contribution in [0.15, 0.2) is 30.3 Å². The van der Waals surface area contributed by atoms with Crippen molar-refractivity contribution >= 4 is 5.97 Å². The molecule has 2 aliphatic rings. The molecule has 4 atom stereocenters. The molecule has 23 heavy (non-hydrogen) atoms. The molecular weight excluding hydrogens is 298 g/mol. The lowest BCUT2D eigenvalue weighted by Gasteiger charge is -2.26. The molecule has 2 fully saturated rings. The van der Waals surface area contributed by atoms with Crippen LogP contribution < -0.4 is 5.32 Å². The molecule has 6 nitrogen and oxygen atoms in total. The monoisotopic (exact) mass is 321 g/mol. The summed E-state index contributed by atoms with van der Waals surface area (Å²) < 4.78 is 22.7. The fourth-order valence-electron chi connectivity index (χ4n) is 3.00. The molecule has 1 aromatic carbocycles. The van der Waals surface area contributed by atoms with Crippen molar-refractivity contribution in [2.45, 2.75) is 57.6 Å². The van der Waals surface area contributed by atoms with Gasteiger partial charge in [-0.3, -0.25) is 4.79 Å². The second-order valence-corrected chi connectivity index (χ2v) is 6.34. The van der Waals surface area contributed by atoms with Crippen LogP contribution in [0, 0.1) is 0 Å². The molecule has 3 rings (SSSR count). The first-order valence-corrected chi connectivity index (χ1v) is 7.86. The Morgan fingerprint density at radius 2 is 2.00 bits per heavy atom. The Kier molecular flexibility index (Phi) is 4.68. The van der Waals surface area contributed by atoms with E-state index >= 15 is 0 Å². The summed E-state index contributed by atoms with van der Waals surface area (Å²) in [6.07, 6.45) is -0.971. The zero-order valence-electron chi connectivity index (χ0n) is 13.7. The zero-order chi connectivity index (χ0) is 16.4. The van der Waals surface area contributed by atoms with Crippen LogP contribution in [-0.4, -0.2) is 42.9 Å². The number of ether oxygens (including phenoxy) is 4. The first kappa shape index (κ1) is 16.4. The molecule has 2 heterocycles. The molecule has 0 amide bonds. The predicted octanol–water partition coefficient (Wildman–Crippen LogP) is 1.58. The van der Waals surface area contributed by atoms with Crippen LogP contribution >= 0.6 is 0 Å². The van der Waals surface area contributed by atoms with Gasteiger partial charge in [0.25, 0.3) is 0 Å². The van der Waals surface area contributed by atoms with E-state index in [2.05, 4.69) is 17.4 Å². The van der Waals surface area contributed by atoms with Gasteiger partial charge >= 0.3 is 5.97 Å². The Bertz CT molecular complexity index is 547. The molecule has 0 saturated carbocycles. The maximum Gasteiger partial charge on any atom is 0.302 e. The van der Waals surface area contributed by atoms with Gasteiger partial charge in [0.05, 0.1) is 6.04 Å². The van der Waals surface area contributed by atoms with Gasteiger partial charge in [-0.2, -0.15) is 0 Å². The Balaban J connectivity index is 1.67. The van der Waals surface area contributed by atoms with Gasteiger partial charge in [-0.1, -0.05) is 30.3 Å². The normalized spacial score (nSPS) is 31.8. The van der Waals surface area contributed by atoms with E-state index in [1.807, 2.05) is 32.0 Å². The van der Waals surface area contributed by atoms with Crippen molar-refractivity contribution in [1.29, 1.82) is 0 Å². The average Bonchev–Trinajstić information content (AvgIpc) is 2.95. The van der Waals surface area contributed by atoms with Gasteiger partial charge in [0.1, 0.15) is 18.8 Å². The minimum atomic E-state index is -0.672. The number of nitrogens with one attached hydrogen (secondary N) is 1. The summed E-state index contributed by atoms with van der Waals surface area (Å²) in [5.74, 6) is -0.997. The highest BCUT2D eigenvalue weighted by Gasteiger charge is 2.54. The van der Waals surface area contributed by atoms with Crippen LogP contribution in [0.4, 0.5) is 0 Å². The average molecular weight is 321 g/mol. The maximum absolute atomic E-state index is 11.1. The van der Waals surface area contributed by atoms with E-state index in [1.54, 1.807) is 0 Å². The number of benzene rings is 1. The van der Waals surface area contributed by atoms with Crippen LogP contribution in [0.5, 0.6) is 0 Å². The second kappa shape index (κ2) is 6.57. The summed E-state index contributed by atoms with van der Waals surface area (Å²) in [7, 11) is 0. The lowest BCUT2D eigenvalue weighted by Crippen LogP contribution is -2.47. The third kappa shape index (κ3) is 3.90. The lowest BCUT2D eigenvalue weighted by molar-refractivity contribution is -0.212. The van der Waals surface area contributed by atoms with Crippen molar-refractivity contribution in [3.05, 3.63) is 35.9 Å². The van der Waals surface area contributed by atoms with Crippen LogP contribution in [-0.2, 0) is 30.3 Å². The van der Waals surface area contributed by atoms with E-state index < -0.39 is 12.1 Å². The molecule has 0 aliphatic carbocycles. The van der Waals surface area contributed by atoms with Crippen molar-refractivity contribution in [3.8, 4) is 0 Å². The molecule has 0 spiro atoms. The highest BCUT2D eigenvalue weighted by Crippen LogP contribution is 2.37. The lowest BCUT2D eigenvalue weighted by atomic mass is 10.1. The molecule has 0 bridgehead atoms. The number of fused-ring (bicyclic) bond motifs is 1. The topological polar surface area (TPSA) is 66.0 Å². The third-order valence-corrected chi connectivity index (χ3v) is 3.99. The van der Waals surface area contributed by atoms with Crippen molar-refractivity contribution in [2.75, 3.05) is 6.61 Å². The SMILES string of the molecule is CC(=O)OC[C@H]1O[C@@H]2OC(C)(C)O[C@@H]2[C@@H]1NCc1ccccc1. The number of carbonyl (C=O) groups excluding carboxylic acids is 1. The minimum Gasteiger partial charge on any atom is -0.463 e. The predicted molar refractivity (Wildman–Crippen MR) is 82.4 cm³/mol. The molecule has 1 N–H and O–H groups in total. The van der Waals surface area contributed by atoms with E-state index in [-0.39, 0.29) is 30.8 Å². The Hall–Kier alpha value is -1.47. The number of rotatable bonds is 5. The number of esters is 1. The van der Waals surface area contributed by atoms with Gasteiger partial charge in [0.15, 0.2) is 12.1 Å². The fourth-order valence-corrected chi connectivity index (χ4v) is 3.00. The second-order valence-electron chi connectivity index (χ2n) is 6.34. The molecule has 0 unspecified atom stereocenters. The quantitative estimate of drug-likeness (QED) is 0.831. The fraction of sp³-hybridized carbons (Fsp3) is 0.588. The summed E-state index contributed by atoms with van der Waals surface area (Å²) in [6.45, 7) is 5.98. The highest BCUT2D eigenvalue weighted by molar-refractivity contribution is 5.65. The van der Waals surface area contributed by atoms with Gasteiger partial charge in [-0.15, -0.1) is 0 Å². The summed E-state index contributed by atoms with van der Waals surface area (Å²) in [4.78, 5) is 11.1. The van der Waals surface area contributed by atoms with Crippen LogP contribution in [0.3, 0.4) is 0 Å². The molecule has 1 aromatic rings. The third-order valence-electron chi connectivity index (χ3n) is 3.99. The van der Waals surface area contributed by atoms with Gasteiger partial charge < -0.3 is 24.3 Å². The van der Waals surface area contributed by atoms with Crippen LogP contribution in [0.2, 0.25) is 0 Å². The van der Waals surface area contributed by atoms with Crippen molar-refractivity contribution in [1.82, 2.24) is 5.32 Å². The van der Waals surface area contributed by atoms with Gasteiger partial charge in [0.2, 0.25) is 0 Å². The zero-order valence-corrected chi connectivity index (χ0v) is 13.7. The van der Waals surface area contributed by atoms with E-state index in [0.29, 0.717) is 6.54 Å². The van der Waals surface area contributed by atoms with E-state index in [9.17, 15) is 4.79 Å². The van der Waals surface area contributed by atoms with Crippen molar-refractivity contribution in [3.63, 3.8) is 0 Å². The van der Waals surface area contributed by atoms with E-state index in [4.69, 9.17) is 18.9 Å². The highest BCUT2D eigenvalue weighted by atomic mass is 16.8. The number of hydrogen-bond donors (Lipinski definition) is 1. The van der Waals surface area contributed by atoms with Gasteiger partial charge in [-0.05, 0) is 19.4 Å².